The average molecular weight is 258 g/mol. The van der Waals surface area contributed by atoms with Gasteiger partial charge in [-0.2, -0.15) is 5.10 Å². The van der Waals surface area contributed by atoms with Crippen LogP contribution in [0.4, 0.5) is 5.82 Å². The summed E-state index contributed by atoms with van der Waals surface area (Å²) in [6.07, 6.45) is 1.75. The van der Waals surface area contributed by atoms with Crippen molar-refractivity contribution in [3.8, 4) is 11.1 Å². The van der Waals surface area contributed by atoms with E-state index in [-0.39, 0.29) is 0 Å². The Balaban J connectivity index is 2.27. The minimum absolute atomic E-state index is 0.442. The molecule has 92 valence electrons. The summed E-state index contributed by atoms with van der Waals surface area (Å²) in [5, 5.41) is 7.89. The molecule has 0 unspecified atom stereocenters. The number of aromatic nitrogens is 3. The van der Waals surface area contributed by atoms with Crippen molar-refractivity contribution >= 4 is 27.4 Å². The Morgan fingerprint density at radius 2 is 2.11 bits per heavy atom. The topological polar surface area (TPSA) is 67.6 Å². The highest BCUT2D eigenvalue weighted by molar-refractivity contribution is 7.18. The Hall–Kier alpha value is -1.88. The molecule has 2 heterocycles. The Bertz CT molecular complexity index is 696. The number of rotatable bonds is 2. The molecular formula is C13H14N4S. The third-order valence-electron chi connectivity index (χ3n) is 2.89. The minimum atomic E-state index is 0.442. The molecule has 2 aromatic heterocycles. The summed E-state index contributed by atoms with van der Waals surface area (Å²) in [5.74, 6) is 1.03. The van der Waals surface area contributed by atoms with Gasteiger partial charge in [0, 0.05) is 17.0 Å². The van der Waals surface area contributed by atoms with Crippen LogP contribution in [0.2, 0.25) is 0 Å². The van der Waals surface area contributed by atoms with Crippen molar-refractivity contribution in [2.45, 2.75) is 19.8 Å². The van der Waals surface area contributed by atoms with Crippen LogP contribution < -0.4 is 5.73 Å². The second-order valence-electron chi connectivity index (χ2n) is 4.56. The summed E-state index contributed by atoms with van der Waals surface area (Å²) in [6, 6.07) is 6.17. The van der Waals surface area contributed by atoms with Crippen LogP contribution in [0.3, 0.4) is 0 Å². The lowest BCUT2D eigenvalue weighted by Crippen LogP contribution is -1.89. The fraction of sp³-hybridized carbons (Fsp3) is 0.231. The molecule has 0 spiro atoms. The van der Waals surface area contributed by atoms with Crippen molar-refractivity contribution in [2.24, 2.45) is 0 Å². The van der Waals surface area contributed by atoms with E-state index in [0.717, 1.165) is 21.7 Å². The lowest BCUT2D eigenvalue weighted by molar-refractivity contribution is 0.857. The van der Waals surface area contributed by atoms with Gasteiger partial charge in [-0.25, -0.2) is 4.98 Å². The van der Waals surface area contributed by atoms with E-state index in [1.165, 1.54) is 4.70 Å². The molecule has 1 aromatic carbocycles. The third-order valence-corrected chi connectivity index (χ3v) is 4.21. The molecule has 3 aromatic rings. The van der Waals surface area contributed by atoms with E-state index in [1.807, 2.05) is 12.1 Å². The van der Waals surface area contributed by atoms with Gasteiger partial charge >= 0.3 is 0 Å². The molecule has 0 aliphatic rings. The van der Waals surface area contributed by atoms with Crippen LogP contribution in [0, 0.1) is 0 Å². The fourth-order valence-corrected chi connectivity index (χ4v) is 2.94. The first-order valence-corrected chi connectivity index (χ1v) is 6.67. The number of thiazole rings is 1. The van der Waals surface area contributed by atoms with Crippen molar-refractivity contribution < 1.29 is 0 Å². The van der Waals surface area contributed by atoms with Crippen molar-refractivity contribution in [3.63, 3.8) is 0 Å². The van der Waals surface area contributed by atoms with E-state index in [4.69, 9.17) is 10.7 Å². The molecule has 4 nitrogen and oxygen atoms in total. The average Bonchev–Trinajstić information content (AvgIpc) is 2.94. The SMILES string of the molecule is CC(C)c1nc2c(-c3cn[nH]c3N)cccc2s1. The zero-order chi connectivity index (χ0) is 12.7. The number of benzene rings is 1. The number of para-hydroxylation sites is 1. The molecule has 0 saturated carbocycles. The molecule has 5 heteroatoms. The van der Waals surface area contributed by atoms with Gasteiger partial charge in [-0.05, 0) is 6.07 Å². The standard InChI is InChI=1S/C13H14N4S/c1-7(2)13-16-11-8(4-3-5-10(11)18-13)9-6-15-17-12(9)14/h3-7H,1-2H3,(H3,14,15,17). The number of nitrogen functional groups attached to an aromatic ring is 1. The fourth-order valence-electron chi connectivity index (χ4n) is 1.94. The minimum Gasteiger partial charge on any atom is -0.384 e. The van der Waals surface area contributed by atoms with Gasteiger partial charge < -0.3 is 5.73 Å². The van der Waals surface area contributed by atoms with Gasteiger partial charge in [-0.1, -0.05) is 26.0 Å². The molecule has 18 heavy (non-hydrogen) atoms. The number of hydrogen-bond donors (Lipinski definition) is 2. The lowest BCUT2D eigenvalue weighted by atomic mass is 10.1. The Labute approximate surface area is 109 Å². The van der Waals surface area contributed by atoms with Crippen LogP contribution in [0.25, 0.3) is 21.3 Å². The first kappa shape index (κ1) is 11.2. The summed E-state index contributed by atoms with van der Waals surface area (Å²) in [6.45, 7) is 4.31. The molecule has 0 fully saturated rings. The van der Waals surface area contributed by atoms with Gasteiger partial charge in [0.2, 0.25) is 0 Å². The molecule has 3 rings (SSSR count). The third kappa shape index (κ3) is 1.67. The predicted molar refractivity (Wildman–Crippen MR) is 75.7 cm³/mol. The van der Waals surface area contributed by atoms with Crippen LogP contribution in [0.1, 0.15) is 24.8 Å². The first-order valence-electron chi connectivity index (χ1n) is 5.85. The van der Waals surface area contributed by atoms with Gasteiger partial charge in [0.05, 0.1) is 21.4 Å². The summed E-state index contributed by atoms with van der Waals surface area (Å²) < 4.78 is 1.19. The van der Waals surface area contributed by atoms with E-state index in [9.17, 15) is 0 Å². The zero-order valence-corrected chi connectivity index (χ0v) is 11.1. The summed E-state index contributed by atoms with van der Waals surface area (Å²) in [7, 11) is 0. The molecular weight excluding hydrogens is 244 g/mol. The molecule has 0 amide bonds. The van der Waals surface area contributed by atoms with Gasteiger partial charge in [0.25, 0.3) is 0 Å². The highest BCUT2D eigenvalue weighted by atomic mass is 32.1. The number of nitrogens with zero attached hydrogens (tertiary/aromatic N) is 2. The van der Waals surface area contributed by atoms with Gasteiger partial charge in [0.1, 0.15) is 5.82 Å². The van der Waals surface area contributed by atoms with Crippen molar-refractivity contribution in [1.82, 2.24) is 15.2 Å². The monoisotopic (exact) mass is 258 g/mol. The number of anilines is 1. The van der Waals surface area contributed by atoms with E-state index in [1.54, 1.807) is 17.5 Å². The van der Waals surface area contributed by atoms with E-state index < -0.39 is 0 Å². The normalized spacial score (nSPS) is 11.5. The Kier molecular flexibility index (Phi) is 2.56. The molecule has 0 aliphatic carbocycles. The maximum atomic E-state index is 5.89. The van der Waals surface area contributed by atoms with E-state index in [0.29, 0.717) is 11.7 Å². The molecule has 0 saturated heterocycles. The summed E-state index contributed by atoms with van der Waals surface area (Å²) in [4.78, 5) is 4.73. The number of aromatic amines is 1. The van der Waals surface area contributed by atoms with Crippen LogP contribution in [0.15, 0.2) is 24.4 Å². The number of nitrogens with one attached hydrogen (secondary N) is 1. The lowest BCUT2D eigenvalue weighted by Gasteiger charge is -2.00. The molecule has 0 bridgehead atoms. The number of H-pyrrole nitrogens is 1. The van der Waals surface area contributed by atoms with Crippen molar-refractivity contribution in [1.29, 1.82) is 0 Å². The Morgan fingerprint density at radius 1 is 1.28 bits per heavy atom. The van der Waals surface area contributed by atoms with E-state index in [2.05, 4.69) is 30.1 Å². The summed E-state index contributed by atoms with van der Waals surface area (Å²) in [5.41, 5.74) is 8.86. The van der Waals surface area contributed by atoms with Gasteiger partial charge in [-0.3, -0.25) is 5.10 Å². The van der Waals surface area contributed by atoms with Crippen LogP contribution in [0.5, 0.6) is 0 Å². The number of fused-ring (bicyclic) bond motifs is 1. The van der Waals surface area contributed by atoms with Crippen molar-refractivity contribution in [2.75, 3.05) is 5.73 Å². The van der Waals surface area contributed by atoms with Crippen LogP contribution in [-0.2, 0) is 0 Å². The highest BCUT2D eigenvalue weighted by Crippen LogP contribution is 2.35. The molecule has 0 radical (unpaired) electrons. The largest absolute Gasteiger partial charge is 0.384 e. The van der Waals surface area contributed by atoms with Crippen molar-refractivity contribution in [3.05, 3.63) is 29.4 Å². The maximum absolute atomic E-state index is 5.89. The van der Waals surface area contributed by atoms with Gasteiger partial charge in [0.15, 0.2) is 0 Å². The number of nitrogens with two attached hydrogens (primary N) is 1. The molecule has 3 N–H and O–H groups in total. The zero-order valence-electron chi connectivity index (χ0n) is 10.3. The smallest absolute Gasteiger partial charge is 0.126 e. The number of hydrogen-bond acceptors (Lipinski definition) is 4. The van der Waals surface area contributed by atoms with Gasteiger partial charge in [-0.15, -0.1) is 11.3 Å². The molecule has 0 atom stereocenters. The quantitative estimate of drug-likeness (QED) is 0.740. The highest BCUT2D eigenvalue weighted by Gasteiger charge is 2.13. The predicted octanol–water partition coefficient (Wildman–Crippen LogP) is 3.39. The van der Waals surface area contributed by atoms with Crippen LogP contribution >= 0.6 is 11.3 Å². The van der Waals surface area contributed by atoms with E-state index >= 15 is 0 Å². The summed E-state index contributed by atoms with van der Waals surface area (Å²) >= 11 is 1.74. The second kappa shape index (κ2) is 4.10. The molecule has 0 aliphatic heterocycles. The maximum Gasteiger partial charge on any atom is 0.126 e. The first-order chi connectivity index (χ1) is 8.66. The van der Waals surface area contributed by atoms with Crippen LogP contribution in [-0.4, -0.2) is 15.2 Å². The second-order valence-corrected chi connectivity index (χ2v) is 5.62. The Morgan fingerprint density at radius 3 is 2.78 bits per heavy atom.